The summed E-state index contributed by atoms with van der Waals surface area (Å²) in [5, 5.41) is 0. The molecule has 1 aliphatic heterocycles. The first-order valence-electron chi connectivity index (χ1n) is 10.0. The molecule has 0 unspecified atom stereocenters. The molecule has 0 amide bonds. The summed E-state index contributed by atoms with van der Waals surface area (Å²) in [5.41, 5.74) is 5.36. The van der Waals surface area contributed by atoms with Crippen LogP contribution in [0.25, 0.3) is 0 Å². The van der Waals surface area contributed by atoms with Crippen molar-refractivity contribution in [3.63, 3.8) is 0 Å². The summed E-state index contributed by atoms with van der Waals surface area (Å²) in [4.78, 5) is 2.41. The second-order valence-electron chi connectivity index (χ2n) is 8.12. The number of anilines is 1. The summed E-state index contributed by atoms with van der Waals surface area (Å²) >= 11 is 0. The van der Waals surface area contributed by atoms with Gasteiger partial charge in [0.15, 0.2) is 5.75 Å². The average Bonchev–Trinajstić information content (AvgIpc) is 2.64. The molecule has 0 spiro atoms. The third kappa shape index (κ3) is 4.14. The molecule has 0 saturated carbocycles. The quantitative estimate of drug-likeness (QED) is 0.680. The maximum atomic E-state index is 13.4. The first-order valence-corrected chi connectivity index (χ1v) is 11.4. The van der Waals surface area contributed by atoms with Gasteiger partial charge in [0.2, 0.25) is 0 Å². The van der Waals surface area contributed by atoms with Gasteiger partial charge in [-0.15, -0.1) is 0 Å². The van der Waals surface area contributed by atoms with Crippen molar-refractivity contribution in [1.29, 1.82) is 0 Å². The zero-order valence-electron chi connectivity index (χ0n) is 18.4. The van der Waals surface area contributed by atoms with Crippen LogP contribution in [0.4, 0.5) is 5.69 Å². The van der Waals surface area contributed by atoms with Crippen LogP contribution in [0, 0.1) is 34.6 Å². The van der Waals surface area contributed by atoms with E-state index in [1.165, 1.54) is 0 Å². The second-order valence-corrected chi connectivity index (χ2v) is 9.60. The van der Waals surface area contributed by atoms with Crippen molar-refractivity contribution in [3.05, 3.63) is 52.1 Å². The zero-order chi connectivity index (χ0) is 21.5. The predicted octanol–water partition coefficient (Wildman–Crippen LogP) is 4.61. The molecular formula is C23H31NO4S. The Kier molecular flexibility index (Phi) is 5.97. The van der Waals surface area contributed by atoms with Crippen molar-refractivity contribution in [1.82, 2.24) is 0 Å². The molecule has 0 radical (unpaired) electrons. The molecule has 158 valence electrons. The molecule has 1 fully saturated rings. The van der Waals surface area contributed by atoms with E-state index in [4.69, 9.17) is 8.92 Å². The minimum absolute atomic E-state index is 0.0651. The third-order valence-electron chi connectivity index (χ3n) is 6.01. The van der Waals surface area contributed by atoms with Gasteiger partial charge in [-0.3, -0.25) is 0 Å². The van der Waals surface area contributed by atoms with Gasteiger partial charge in [-0.2, -0.15) is 8.42 Å². The summed E-state index contributed by atoms with van der Waals surface area (Å²) < 4.78 is 38.3. The Balaban J connectivity index is 2.04. The number of hydrogen-bond acceptors (Lipinski definition) is 5. The zero-order valence-corrected chi connectivity index (χ0v) is 19.2. The number of rotatable bonds is 4. The van der Waals surface area contributed by atoms with Crippen molar-refractivity contribution in [2.24, 2.45) is 0 Å². The number of para-hydroxylation sites is 2. The molecule has 0 bridgehead atoms. The van der Waals surface area contributed by atoms with E-state index < -0.39 is 10.1 Å². The Morgan fingerprint density at radius 3 is 1.90 bits per heavy atom. The van der Waals surface area contributed by atoms with E-state index in [1.54, 1.807) is 12.1 Å². The van der Waals surface area contributed by atoms with E-state index in [9.17, 15) is 8.42 Å². The molecular weight excluding hydrogens is 386 g/mol. The molecule has 1 saturated heterocycles. The van der Waals surface area contributed by atoms with Crippen LogP contribution in [-0.4, -0.2) is 33.7 Å². The fourth-order valence-electron chi connectivity index (χ4n) is 4.16. The molecule has 0 aromatic heterocycles. The minimum Gasteiger partial charge on any atom is -0.377 e. The highest BCUT2D eigenvalue weighted by Gasteiger charge is 2.29. The van der Waals surface area contributed by atoms with Crippen LogP contribution >= 0.6 is 0 Å². The van der Waals surface area contributed by atoms with Gasteiger partial charge >= 0.3 is 10.1 Å². The van der Waals surface area contributed by atoms with Gasteiger partial charge in [0.05, 0.1) is 17.9 Å². The van der Waals surface area contributed by atoms with Crippen LogP contribution in [0.15, 0.2) is 29.2 Å². The standard InChI is InChI=1S/C23H31NO4S/c1-14-12-24(13-15(2)27-14)21-10-8-9-11-22(21)28-29(25,26)23-19(6)17(4)16(3)18(5)20(23)7/h8-11,14-15H,12-13H2,1-7H3/t14-,15-/m1/s1. The summed E-state index contributed by atoms with van der Waals surface area (Å²) in [5.74, 6) is 0.350. The third-order valence-corrected chi connectivity index (χ3v) is 7.52. The fraction of sp³-hybridized carbons (Fsp3) is 0.478. The molecule has 29 heavy (non-hydrogen) atoms. The molecule has 2 aromatic rings. The van der Waals surface area contributed by atoms with Crippen LogP contribution < -0.4 is 9.08 Å². The van der Waals surface area contributed by atoms with Crippen LogP contribution in [0.1, 0.15) is 41.7 Å². The Morgan fingerprint density at radius 1 is 0.862 bits per heavy atom. The van der Waals surface area contributed by atoms with Crippen LogP contribution in [-0.2, 0) is 14.9 Å². The first-order chi connectivity index (χ1) is 13.5. The smallest absolute Gasteiger partial charge is 0.339 e. The van der Waals surface area contributed by atoms with Crippen LogP contribution in [0.5, 0.6) is 5.75 Å². The maximum Gasteiger partial charge on any atom is 0.339 e. The van der Waals surface area contributed by atoms with E-state index in [-0.39, 0.29) is 17.1 Å². The second kappa shape index (κ2) is 8.00. The van der Waals surface area contributed by atoms with Gasteiger partial charge in [0.1, 0.15) is 4.90 Å². The maximum absolute atomic E-state index is 13.4. The minimum atomic E-state index is -3.98. The van der Waals surface area contributed by atoms with E-state index in [0.717, 1.165) is 33.5 Å². The van der Waals surface area contributed by atoms with Gasteiger partial charge in [0, 0.05) is 13.1 Å². The van der Waals surface area contributed by atoms with E-state index in [0.29, 0.717) is 18.8 Å². The average molecular weight is 418 g/mol. The number of hydrogen-bond donors (Lipinski definition) is 0. The Morgan fingerprint density at radius 2 is 1.34 bits per heavy atom. The lowest BCUT2D eigenvalue weighted by Gasteiger charge is -2.37. The normalized spacial score (nSPS) is 20.0. The molecule has 0 aliphatic carbocycles. The highest BCUT2D eigenvalue weighted by molar-refractivity contribution is 7.87. The monoisotopic (exact) mass is 417 g/mol. The van der Waals surface area contributed by atoms with Crippen molar-refractivity contribution in [3.8, 4) is 5.75 Å². The van der Waals surface area contributed by atoms with Crippen LogP contribution in [0.3, 0.4) is 0 Å². The Hall–Kier alpha value is -2.05. The number of benzene rings is 2. The molecule has 6 heteroatoms. The summed E-state index contributed by atoms with van der Waals surface area (Å²) in [6.07, 6.45) is 0.130. The highest BCUT2D eigenvalue weighted by atomic mass is 32.2. The highest BCUT2D eigenvalue weighted by Crippen LogP contribution is 2.35. The van der Waals surface area contributed by atoms with E-state index in [1.807, 2.05) is 60.6 Å². The van der Waals surface area contributed by atoms with Crippen molar-refractivity contribution >= 4 is 15.8 Å². The molecule has 0 N–H and O–H groups in total. The number of nitrogens with zero attached hydrogens (tertiary/aromatic N) is 1. The molecule has 1 heterocycles. The molecule has 2 aromatic carbocycles. The van der Waals surface area contributed by atoms with E-state index in [2.05, 4.69) is 4.90 Å². The largest absolute Gasteiger partial charge is 0.377 e. The van der Waals surface area contributed by atoms with Crippen molar-refractivity contribution in [2.45, 2.75) is 65.6 Å². The van der Waals surface area contributed by atoms with Gasteiger partial charge in [-0.1, -0.05) is 12.1 Å². The molecule has 3 rings (SSSR count). The Bertz CT molecular complexity index is 990. The van der Waals surface area contributed by atoms with E-state index >= 15 is 0 Å². The number of ether oxygens (including phenoxy) is 1. The van der Waals surface area contributed by atoms with Gasteiger partial charge in [-0.25, -0.2) is 0 Å². The topological polar surface area (TPSA) is 55.8 Å². The van der Waals surface area contributed by atoms with Crippen molar-refractivity contribution in [2.75, 3.05) is 18.0 Å². The fourth-order valence-corrected chi connectivity index (χ4v) is 5.68. The summed E-state index contributed by atoms with van der Waals surface area (Å²) in [6, 6.07) is 7.32. The molecule has 1 aliphatic rings. The lowest BCUT2D eigenvalue weighted by Crippen LogP contribution is -2.45. The SMILES string of the molecule is Cc1c(C)c(C)c(S(=O)(=O)Oc2ccccc2N2C[C@@H](C)O[C@H](C)C2)c(C)c1C. The van der Waals surface area contributed by atoms with Gasteiger partial charge in [-0.05, 0) is 88.4 Å². The number of morpholine rings is 1. The van der Waals surface area contributed by atoms with Crippen molar-refractivity contribution < 1.29 is 17.3 Å². The predicted molar refractivity (Wildman–Crippen MR) is 117 cm³/mol. The summed E-state index contributed by atoms with van der Waals surface area (Å²) in [7, 11) is -3.98. The lowest BCUT2D eigenvalue weighted by molar-refractivity contribution is -0.00527. The van der Waals surface area contributed by atoms with Gasteiger partial charge in [0.25, 0.3) is 0 Å². The molecule has 2 atom stereocenters. The Labute approximate surface area is 174 Å². The van der Waals surface area contributed by atoms with Gasteiger partial charge < -0.3 is 13.8 Å². The summed E-state index contributed by atoms with van der Waals surface area (Å²) in [6.45, 7) is 15.1. The first kappa shape index (κ1) is 21.7. The lowest BCUT2D eigenvalue weighted by atomic mass is 9.95. The molecule has 5 nitrogen and oxygen atoms in total. The van der Waals surface area contributed by atoms with Crippen LogP contribution in [0.2, 0.25) is 0 Å².